The average molecular weight is 521 g/mol. The molecular weight excluding hydrogens is 500 g/mol. The molecule has 5 rings (SSSR count). The van der Waals surface area contributed by atoms with Crippen LogP contribution in [0.5, 0.6) is 5.75 Å². The number of anilines is 2. The molecule has 182 valence electrons. The average Bonchev–Trinajstić information content (AvgIpc) is 3.30. The predicted octanol–water partition coefficient (Wildman–Crippen LogP) is 4.51. The molecule has 5 heterocycles. The van der Waals surface area contributed by atoms with Crippen LogP contribution in [0.1, 0.15) is 28.9 Å². The summed E-state index contributed by atoms with van der Waals surface area (Å²) in [4.78, 5) is 38.0. The van der Waals surface area contributed by atoms with Crippen LogP contribution < -0.4 is 15.0 Å². The number of nitriles is 1. The maximum absolute atomic E-state index is 13.3. The number of carbonyl (C=O) groups is 1. The summed E-state index contributed by atoms with van der Waals surface area (Å²) in [6.07, 6.45) is 6.32. The van der Waals surface area contributed by atoms with Gasteiger partial charge in [0.25, 0.3) is 5.91 Å². The lowest BCUT2D eigenvalue weighted by Gasteiger charge is -2.29. The van der Waals surface area contributed by atoms with Gasteiger partial charge >= 0.3 is 0 Å². The molecule has 1 amide bonds. The summed E-state index contributed by atoms with van der Waals surface area (Å²) in [6.45, 7) is 3.35. The first-order chi connectivity index (χ1) is 17.4. The molecule has 0 unspecified atom stereocenters. The molecule has 0 saturated carbocycles. The van der Waals surface area contributed by atoms with Crippen LogP contribution in [0.25, 0.3) is 21.6 Å². The summed E-state index contributed by atoms with van der Waals surface area (Å²) < 4.78 is 5.44. The van der Waals surface area contributed by atoms with Crippen LogP contribution in [-0.4, -0.2) is 51.0 Å². The molecule has 4 aromatic rings. The van der Waals surface area contributed by atoms with E-state index in [0.29, 0.717) is 38.0 Å². The first kappa shape index (κ1) is 23.8. The molecule has 0 radical (unpaired) electrons. The lowest BCUT2D eigenvalue weighted by molar-refractivity contribution is 0.102. The lowest BCUT2D eigenvalue weighted by atomic mass is 9.99. The maximum Gasteiger partial charge on any atom is 0.259 e. The molecule has 4 aromatic heterocycles. The first-order valence-electron chi connectivity index (χ1n) is 11.2. The third-order valence-electron chi connectivity index (χ3n) is 5.96. The number of pyridine rings is 2. The van der Waals surface area contributed by atoms with E-state index >= 15 is 0 Å². The smallest absolute Gasteiger partial charge is 0.259 e. The Hall–Kier alpha value is -3.88. The van der Waals surface area contributed by atoms with E-state index in [9.17, 15) is 4.79 Å². The molecule has 1 aliphatic rings. The van der Waals surface area contributed by atoms with E-state index in [4.69, 9.17) is 26.6 Å². The third-order valence-corrected chi connectivity index (χ3v) is 7.02. The second kappa shape index (κ2) is 10.0. The van der Waals surface area contributed by atoms with Gasteiger partial charge in [-0.25, -0.2) is 15.0 Å². The molecule has 36 heavy (non-hydrogen) atoms. The van der Waals surface area contributed by atoms with Crippen molar-refractivity contribution in [1.29, 1.82) is 5.26 Å². The fourth-order valence-corrected chi connectivity index (χ4v) is 5.02. The molecule has 1 fully saturated rings. The number of fused-ring (bicyclic) bond motifs is 1. The second-order valence-electron chi connectivity index (χ2n) is 8.30. The van der Waals surface area contributed by atoms with Crippen molar-refractivity contribution in [3.63, 3.8) is 0 Å². The minimum Gasteiger partial charge on any atom is -0.494 e. The number of amides is 1. The number of hydrogen-bond donors (Lipinski definition) is 1. The fourth-order valence-electron chi connectivity index (χ4n) is 4.07. The number of carbonyl (C=O) groups excluding carboxylic acids is 1. The highest BCUT2D eigenvalue weighted by atomic mass is 35.5. The van der Waals surface area contributed by atoms with Crippen LogP contribution in [0, 0.1) is 24.2 Å². The zero-order valence-electron chi connectivity index (χ0n) is 19.5. The van der Waals surface area contributed by atoms with Gasteiger partial charge in [0.05, 0.1) is 31.1 Å². The van der Waals surface area contributed by atoms with Crippen molar-refractivity contribution in [2.45, 2.75) is 19.8 Å². The number of aryl methyl sites for hydroxylation is 1. The number of aromatic nitrogens is 5. The molecule has 0 aliphatic carbocycles. The number of nitrogens with zero attached hydrogens (tertiary/aromatic N) is 7. The van der Waals surface area contributed by atoms with Gasteiger partial charge in [-0.05, 0) is 31.9 Å². The molecule has 0 spiro atoms. The highest BCUT2D eigenvalue weighted by Gasteiger charge is 2.22. The zero-order chi connectivity index (χ0) is 25.2. The molecule has 0 bridgehead atoms. The van der Waals surface area contributed by atoms with Gasteiger partial charge in [0, 0.05) is 42.0 Å². The summed E-state index contributed by atoms with van der Waals surface area (Å²) in [5.74, 6) is 0.934. The number of hydrogen-bond acceptors (Lipinski definition) is 10. The monoisotopic (exact) mass is 520 g/mol. The lowest BCUT2D eigenvalue weighted by Crippen LogP contribution is -2.33. The van der Waals surface area contributed by atoms with E-state index in [0.717, 1.165) is 37.4 Å². The second-order valence-corrected chi connectivity index (χ2v) is 9.66. The van der Waals surface area contributed by atoms with E-state index in [2.05, 4.69) is 36.2 Å². The Kier molecular flexibility index (Phi) is 6.63. The van der Waals surface area contributed by atoms with Crippen LogP contribution in [-0.2, 0) is 0 Å². The summed E-state index contributed by atoms with van der Waals surface area (Å²) in [5.41, 5.74) is 2.77. The zero-order valence-corrected chi connectivity index (χ0v) is 21.1. The number of rotatable bonds is 5. The van der Waals surface area contributed by atoms with E-state index in [1.54, 1.807) is 18.3 Å². The molecular formula is C24H21ClN8O2S. The molecule has 1 saturated heterocycles. The molecule has 1 aliphatic heterocycles. The molecule has 12 heteroatoms. The Morgan fingerprint density at radius 1 is 1.17 bits per heavy atom. The standard InChI is InChI=1S/C24H21ClN8O2S/c1-13-7-15(16-8-19(25)28-11-18(16)35-2)17(10-27-13)22(34)32-24-31-21-23(36-24)30-20(12-29-21)33-5-3-14(9-26)4-6-33/h7-8,10-12,14H,3-6H2,1-2H3,(H,29,31,32,34). The Morgan fingerprint density at radius 2 is 1.97 bits per heavy atom. The molecule has 0 aromatic carbocycles. The van der Waals surface area contributed by atoms with E-state index in [1.807, 2.05) is 6.92 Å². The molecule has 1 N–H and O–H groups in total. The van der Waals surface area contributed by atoms with E-state index < -0.39 is 0 Å². The van der Waals surface area contributed by atoms with Crippen molar-refractivity contribution in [3.05, 3.63) is 47.1 Å². The number of thiazole rings is 1. The normalized spacial score (nSPS) is 14.0. The highest BCUT2D eigenvalue weighted by molar-refractivity contribution is 7.21. The largest absolute Gasteiger partial charge is 0.494 e. The van der Waals surface area contributed by atoms with Gasteiger partial charge in [-0.1, -0.05) is 22.9 Å². The van der Waals surface area contributed by atoms with Crippen molar-refractivity contribution in [2.75, 3.05) is 30.4 Å². The number of methoxy groups -OCH3 is 1. The summed E-state index contributed by atoms with van der Waals surface area (Å²) >= 11 is 7.38. The van der Waals surface area contributed by atoms with Gasteiger partial charge < -0.3 is 9.64 Å². The van der Waals surface area contributed by atoms with E-state index in [1.165, 1.54) is 30.8 Å². The van der Waals surface area contributed by atoms with Crippen LogP contribution in [0.4, 0.5) is 10.9 Å². The highest BCUT2D eigenvalue weighted by Crippen LogP contribution is 2.34. The van der Waals surface area contributed by atoms with Gasteiger partial charge in [0.2, 0.25) is 0 Å². The van der Waals surface area contributed by atoms with Gasteiger partial charge in [0.1, 0.15) is 16.7 Å². The van der Waals surface area contributed by atoms with Gasteiger partial charge in [-0.2, -0.15) is 10.2 Å². The third kappa shape index (κ3) is 4.78. The number of nitrogens with one attached hydrogen (secondary N) is 1. The van der Waals surface area contributed by atoms with Crippen LogP contribution in [0.2, 0.25) is 5.15 Å². The minimum atomic E-state index is -0.384. The first-order valence-corrected chi connectivity index (χ1v) is 12.4. The molecule has 10 nitrogen and oxygen atoms in total. The van der Waals surface area contributed by atoms with Gasteiger partial charge in [0.15, 0.2) is 15.6 Å². The fraction of sp³-hybridized carbons (Fsp3) is 0.292. The van der Waals surface area contributed by atoms with Crippen molar-refractivity contribution >= 4 is 50.3 Å². The van der Waals surface area contributed by atoms with Crippen molar-refractivity contribution < 1.29 is 9.53 Å². The van der Waals surface area contributed by atoms with Gasteiger partial charge in [-0.3, -0.25) is 15.1 Å². The van der Waals surface area contributed by atoms with Crippen LogP contribution in [0.15, 0.2) is 30.7 Å². The summed E-state index contributed by atoms with van der Waals surface area (Å²) in [6, 6.07) is 5.78. The van der Waals surface area contributed by atoms with Gasteiger partial charge in [-0.15, -0.1) is 0 Å². The molecule has 0 atom stereocenters. The predicted molar refractivity (Wildman–Crippen MR) is 137 cm³/mol. The Balaban J connectivity index is 1.41. The Bertz CT molecular complexity index is 1490. The topological polar surface area (TPSA) is 130 Å². The SMILES string of the molecule is COc1cnc(Cl)cc1-c1cc(C)ncc1C(=O)Nc1nc2ncc(N3CCC(C#N)CC3)nc2s1. The Labute approximate surface area is 216 Å². The summed E-state index contributed by atoms with van der Waals surface area (Å²) in [7, 11) is 1.53. The summed E-state index contributed by atoms with van der Waals surface area (Å²) in [5, 5.41) is 12.6. The van der Waals surface area contributed by atoms with Crippen LogP contribution >= 0.6 is 22.9 Å². The maximum atomic E-state index is 13.3. The van der Waals surface area contributed by atoms with Crippen molar-refractivity contribution in [2.24, 2.45) is 5.92 Å². The van der Waals surface area contributed by atoms with Crippen molar-refractivity contribution in [1.82, 2.24) is 24.9 Å². The Morgan fingerprint density at radius 3 is 2.72 bits per heavy atom. The van der Waals surface area contributed by atoms with Crippen molar-refractivity contribution in [3.8, 4) is 22.9 Å². The number of piperidine rings is 1. The quantitative estimate of drug-likeness (QED) is 0.378. The number of halogens is 1. The minimum absolute atomic E-state index is 0.0902. The van der Waals surface area contributed by atoms with E-state index in [-0.39, 0.29) is 17.0 Å². The number of ether oxygens (including phenoxy) is 1. The van der Waals surface area contributed by atoms with Crippen LogP contribution in [0.3, 0.4) is 0 Å².